The highest BCUT2D eigenvalue weighted by atomic mass is 32.2. The van der Waals surface area contributed by atoms with E-state index in [2.05, 4.69) is 20.5 Å². The van der Waals surface area contributed by atoms with Crippen LogP contribution in [0.25, 0.3) is 0 Å². The zero-order chi connectivity index (χ0) is 16.3. The first kappa shape index (κ1) is 16.8. The van der Waals surface area contributed by atoms with Crippen molar-refractivity contribution in [2.45, 2.75) is 49.7 Å². The maximum atomic E-state index is 11.9. The number of aromatic nitrogens is 3. The van der Waals surface area contributed by atoms with Gasteiger partial charge in [-0.15, -0.1) is 5.10 Å². The van der Waals surface area contributed by atoms with Crippen molar-refractivity contribution in [2.75, 3.05) is 17.3 Å². The summed E-state index contributed by atoms with van der Waals surface area (Å²) in [6, 6.07) is -0.252. The molecule has 2 aliphatic rings. The molecule has 2 heterocycles. The molecule has 0 aromatic carbocycles. The summed E-state index contributed by atoms with van der Waals surface area (Å²) in [6.07, 6.45) is 6.56. The van der Waals surface area contributed by atoms with Crippen molar-refractivity contribution in [1.82, 2.24) is 20.5 Å². The second kappa shape index (κ2) is 7.21. The Kier molecular flexibility index (Phi) is 5.25. The van der Waals surface area contributed by atoms with Gasteiger partial charge in [-0.3, -0.25) is 9.89 Å². The standard InChI is InChI=1S/C14H22N4O3S2/c19-13(15-11-5-6-23(20,21)9-11)8-22-14-16-12(17-18-14)7-10-3-1-2-4-10/h10-11H,1-9H2,(H,15,19)(H,16,17,18). The molecule has 1 aliphatic carbocycles. The van der Waals surface area contributed by atoms with E-state index in [4.69, 9.17) is 0 Å². The molecule has 2 N–H and O–H groups in total. The van der Waals surface area contributed by atoms with E-state index in [0.29, 0.717) is 17.5 Å². The van der Waals surface area contributed by atoms with Crippen LogP contribution in [0.2, 0.25) is 0 Å². The second-order valence-corrected chi connectivity index (χ2v) is 9.55. The van der Waals surface area contributed by atoms with Crippen molar-refractivity contribution in [3.8, 4) is 0 Å². The van der Waals surface area contributed by atoms with Gasteiger partial charge < -0.3 is 5.32 Å². The van der Waals surface area contributed by atoms with Gasteiger partial charge in [0.2, 0.25) is 11.1 Å². The Balaban J connectivity index is 1.41. The number of hydrogen-bond acceptors (Lipinski definition) is 6. The molecule has 128 valence electrons. The second-order valence-electron chi connectivity index (χ2n) is 6.38. The van der Waals surface area contributed by atoms with Crippen LogP contribution < -0.4 is 5.32 Å². The number of rotatable bonds is 6. The van der Waals surface area contributed by atoms with Crippen LogP contribution in [0.15, 0.2) is 5.16 Å². The fraction of sp³-hybridized carbons (Fsp3) is 0.786. The fourth-order valence-electron chi connectivity index (χ4n) is 3.23. The molecule has 1 aliphatic heterocycles. The third-order valence-corrected chi connectivity index (χ3v) is 7.01. The van der Waals surface area contributed by atoms with Crippen LogP contribution in [-0.2, 0) is 21.1 Å². The number of aromatic amines is 1. The van der Waals surface area contributed by atoms with Gasteiger partial charge in [0, 0.05) is 12.5 Å². The van der Waals surface area contributed by atoms with E-state index in [1.54, 1.807) is 0 Å². The number of carbonyl (C=O) groups excluding carboxylic acids is 1. The Morgan fingerprint density at radius 1 is 1.30 bits per heavy atom. The van der Waals surface area contributed by atoms with E-state index in [9.17, 15) is 13.2 Å². The number of nitrogens with zero attached hydrogens (tertiary/aromatic N) is 2. The number of nitrogens with one attached hydrogen (secondary N) is 2. The molecule has 1 atom stereocenters. The smallest absolute Gasteiger partial charge is 0.230 e. The number of hydrogen-bond donors (Lipinski definition) is 2. The molecular formula is C14H22N4O3S2. The van der Waals surface area contributed by atoms with E-state index in [1.165, 1.54) is 37.4 Å². The molecule has 0 spiro atoms. The minimum absolute atomic E-state index is 0.0512. The van der Waals surface area contributed by atoms with Gasteiger partial charge in [-0.05, 0) is 12.3 Å². The Morgan fingerprint density at radius 3 is 2.78 bits per heavy atom. The van der Waals surface area contributed by atoms with Gasteiger partial charge in [0.15, 0.2) is 9.84 Å². The lowest BCUT2D eigenvalue weighted by atomic mass is 10.0. The quantitative estimate of drug-likeness (QED) is 0.733. The van der Waals surface area contributed by atoms with Crippen molar-refractivity contribution >= 4 is 27.5 Å². The van der Waals surface area contributed by atoms with Crippen LogP contribution in [0.1, 0.15) is 37.9 Å². The van der Waals surface area contributed by atoms with Gasteiger partial charge in [0.25, 0.3) is 0 Å². The summed E-state index contributed by atoms with van der Waals surface area (Å²) in [6.45, 7) is 0. The van der Waals surface area contributed by atoms with E-state index in [-0.39, 0.29) is 29.2 Å². The molecule has 1 saturated heterocycles. The summed E-state index contributed by atoms with van der Waals surface area (Å²) in [5.41, 5.74) is 0. The number of carbonyl (C=O) groups is 1. The van der Waals surface area contributed by atoms with Crippen LogP contribution in [0.3, 0.4) is 0 Å². The van der Waals surface area contributed by atoms with Crippen LogP contribution in [-0.4, -0.2) is 52.8 Å². The highest BCUT2D eigenvalue weighted by Gasteiger charge is 2.28. The first-order chi connectivity index (χ1) is 11.0. The lowest BCUT2D eigenvalue weighted by Crippen LogP contribution is -2.36. The lowest BCUT2D eigenvalue weighted by Gasteiger charge is -2.09. The van der Waals surface area contributed by atoms with Crippen molar-refractivity contribution in [3.63, 3.8) is 0 Å². The molecule has 0 bridgehead atoms. The Morgan fingerprint density at radius 2 is 2.09 bits per heavy atom. The molecule has 1 amide bonds. The van der Waals surface area contributed by atoms with Gasteiger partial charge in [-0.1, -0.05) is 37.4 Å². The summed E-state index contributed by atoms with van der Waals surface area (Å²) in [5.74, 6) is 1.85. The largest absolute Gasteiger partial charge is 0.352 e. The number of sulfone groups is 1. The fourth-order valence-corrected chi connectivity index (χ4v) is 5.53. The molecular weight excluding hydrogens is 336 g/mol. The average Bonchev–Trinajstić information content (AvgIpc) is 3.20. The predicted molar refractivity (Wildman–Crippen MR) is 88.0 cm³/mol. The summed E-state index contributed by atoms with van der Waals surface area (Å²) in [7, 11) is -2.97. The first-order valence-corrected chi connectivity index (χ1v) is 10.8. The maximum absolute atomic E-state index is 11.9. The van der Waals surface area contributed by atoms with Crippen LogP contribution in [0, 0.1) is 5.92 Å². The third-order valence-electron chi connectivity index (χ3n) is 4.40. The molecule has 3 rings (SSSR count). The summed E-state index contributed by atoms with van der Waals surface area (Å²) < 4.78 is 22.7. The Labute approximate surface area is 140 Å². The van der Waals surface area contributed by atoms with Gasteiger partial charge in [0.1, 0.15) is 5.82 Å². The average molecular weight is 358 g/mol. The minimum Gasteiger partial charge on any atom is -0.352 e. The van der Waals surface area contributed by atoms with Gasteiger partial charge in [-0.25, -0.2) is 13.4 Å². The van der Waals surface area contributed by atoms with Gasteiger partial charge in [0.05, 0.1) is 17.3 Å². The van der Waals surface area contributed by atoms with Crippen molar-refractivity contribution in [2.24, 2.45) is 5.92 Å². The summed E-state index contributed by atoms with van der Waals surface area (Å²) in [5, 5.41) is 10.4. The van der Waals surface area contributed by atoms with E-state index in [1.807, 2.05) is 0 Å². The molecule has 0 radical (unpaired) electrons. The monoisotopic (exact) mass is 358 g/mol. The number of amides is 1. The van der Waals surface area contributed by atoms with Crippen LogP contribution in [0.5, 0.6) is 0 Å². The molecule has 2 fully saturated rings. The molecule has 1 aromatic heterocycles. The SMILES string of the molecule is O=C(CSc1n[nH]c(CC2CCCC2)n1)NC1CCS(=O)(=O)C1. The van der Waals surface area contributed by atoms with Crippen molar-refractivity contribution in [3.05, 3.63) is 5.82 Å². The molecule has 1 unspecified atom stereocenters. The molecule has 1 saturated carbocycles. The van der Waals surface area contributed by atoms with Gasteiger partial charge >= 0.3 is 0 Å². The first-order valence-electron chi connectivity index (χ1n) is 8.04. The van der Waals surface area contributed by atoms with Gasteiger partial charge in [-0.2, -0.15) is 0 Å². The molecule has 9 heteroatoms. The molecule has 7 nitrogen and oxygen atoms in total. The highest BCUT2D eigenvalue weighted by molar-refractivity contribution is 7.99. The van der Waals surface area contributed by atoms with E-state index in [0.717, 1.165) is 12.2 Å². The normalized spacial score (nSPS) is 24.1. The number of H-pyrrole nitrogens is 1. The van der Waals surface area contributed by atoms with Crippen molar-refractivity contribution in [1.29, 1.82) is 0 Å². The summed E-state index contributed by atoms with van der Waals surface area (Å²) in [4.78, 5) is 16.3. The molecule has 23 heavy (non-hydrogen) atoms. The van der Waals surface area contributed by atoms with Crippen molar-refractivity contribution < 1.29 is 13.2 Å². The maximum Gasteiger partial charge on any atom is 0.230 e. The molecule has 1 aromatic rings. The number of thioether (sulfide) groups is 1. The Hall–Kier alpha value is -1.09. The third kappa shape index (κ3) is 4.94. The topological polar surface area (TPSA) is 105 Å². The zero-order valence-electron chi connectivity index (χ0n) is 13.0. The van der Waals surface area contributed by atoms with Crippen LogP contribution >= 0.6 is 11.8 Å². The Bertz CT molecular complexity index is 653. The summed E-state index contributed by atoms with van der Waals surface area (Å²) >= 11 is 1.28. The van der Waals surface area contributed by atoms with Crippen LogP contribution in [0.4, 0.5) is 0 Å². The predicted octanol–water partition coefficient (Wildman–Crippen LogP) is 0.933. The highest BCUT2D eigenvalue weighted by Crippen LogP contribution is 2.27. The minimum atomic E-state index is -2.97. The van der Waals surface area contributed by atoms with E-state index >= 15 is 0 Å². The van der Waals surface area contributed by atoms with E-state index < -0.39 is 9.84 Å². The zero-order valence-corrected chi connectivity index (χ0v) is 14.6. The lowest BCUT2D eigenvalue weighted by molar-refractivity contribution is -0.119.